The first kappa shape index (κ1) is 7.65. The Morgan fingerprint density at radius 1 is 1.73 bits per heavy atom. The minimum Gasteiger partial charge on any atom is -0.468 e. The zero-order chi connectivity index (χ0) is 8.27. The van der Waals surface area contributed by atoms with Gasteiger partial charge in [-0.3, -0.25) is 14.6 Å². The number of aliphatic imine (C=N–C) groups is 1. The molecule has 4 nitrogen and oxygen atoms in total. The van der Waals surface area contributed by atoms with Crippen molar-refractivity contribution in [2.45, 2.75) is 0 Å². The molecule has 0 radical (unpaired) electrons. The second-order valence-electron chi connectivity index (χ2n) is 2.02. The minimum absolute atomic E-state index is 0.285. The Bertz CT molecular complexity index is 242. The maximum Gasteiger partial charge on any atom is 0.322 e. The summed E-state index contributed by atoms with van der Waals surface area (Å²) in [7, 11) is 1.24. The Morgan fingerprint density at radius 2 is 2.45 bits per heavy atom. The van der Waals surface area contributed by atoms with Crippen molar-refractivity contribution in [1.82, 2.24) is 0 Å². The molecule has 1 unspecified atom stereocenters. The quantitative estimate of drug-likeness (QED) is 0.391. The molecule has 1 rings (SSSR count). The number of rotatable bonds is 1. The van der Waals surface area contributed by atoms with E-state index in [2.05, 4.69) is 9.73 Å². The van der Waals surface area contributed by atoms with Gasteiger partial charge in [-0.25, -0.2) is 0 Å². The third kappa shape index (κ3) is 1.52. The summed E-state index contributed by atoms with van der Waals surface area (Å²) in [5.74, 6) is -1.69. The third-order valence-electron chi connectivity index (χ3n) is 1.32. The number of hydrogen-bond acceptors (Lipinski definition) is 4. The van der Waals surface area contributed by atoms with Crippen LogP contribution in [0.2, 0.25) is 0 Å². The van der Waals surface area contributed by atoms with E-state index in [1.807, 2.05) is 0 Å². The van der Waals surface area contributed by atoms with E-state index in [1.54, 1.807) is 0 Å². The molecule has 0 aromatic carbocycles. The van der Waals surface area contributed by atoms with Crippen LogP contribution in [0.1, 0.15) is 0 Å². The van der Waals surface area contributed by atoms with E-state index in [1.165, 1.54) is 25.6 Å². The average molecular weight is 153 g/mol. The van der Waals surface area contributed by atoms with Gasteiger partial charge in [0.1, 0.15) is 0 Å². The summed E-state index contributed by atoms with van der Waals surface area (Å²) in [5.41, 5.74) is 0. The van der Waals surface area contributed by atoms with Gasteiger partial charge in [0.05, 0.1) is 7.11 Å². The van der Waals surface area contributed by atoms with Gasteiger partial charge in [0, 0.05) is 18.5 Å². The van der Waals surface area contributed by atoms with Gasteiger partial charge >= 0.3 is 5.97 Å². The van der Waals surface area contributed by atoms with E-state index in [0.717, 1.165) is 0 Å². The first-order valence-corrected chi connectivity index (χ1v) is 3.07. The van der Waals surface area contributed by atoms with Crippen molar-refractivity contribution in [3.63, 3.8) is 0 Å². The van der Waals surface area contributed by atoms with Crippen LogP contribution in [0.15, 0.2) is 17.3 Å². The lowest BCUT2D eigenvalue weighted by Gasteiger charge is -2.06. The molecule has 0 spiro atoms. The number of ether oxygens (including phenoxy) is 1. The van der Waals surface area contributed by atoms with Crippen molar-refractivity contribution in [2.24, 2.45) is 10.9 Å². The summed E-state index contributed by atoms with van der Waals surface area (Å²) in [6, 6.07) is 0. The highest BCUT2D eigenvalue weighted by atomic mass is 16.5. The van der Waals surface area contributed by atoms with Crippen LogP contribution in [0.4, 0.5) is 0 Å². The molecular weight excluding hydrogens is 146 g/mol. The summed E-state index contributed by atoms with van der Waals surface area (Å²) < 4.78 is 4.38. The van der Waals surface area contributed by atoms with E-state index < -0.39 is 11.9 Å². The first-order chi connectivity index (χ1) is 5.25. The SMILES string of the molecule is COC(=O)C1C=NC=CC1=O. The number of nitrogens with zero attached hydrogens (tertiary/aromatic N) is 1. The van der Waals surface area contributed by atoms with Crippen molar-refractivity contribution in [2.75, 3.05) is 7.11 Å². The zero-order valence-electron chi connectivity index (χ0n) is 5.98. The molecule has 1 heterocycles. The maximum atomic E-state index is 10.9. The van der Waals surface area contributed by atoms with Gasteiger partial charge in [-0.05, 0) is 0 Å². The van der Waals surface area contributed by atoms with Crippen LogP contribution in [-0.4, -0.2) is 25.1 Å². The zero-order valence-corrected chi connectivity index (χ0v) is 5.98. The Balaban J connectivity index is 2.73. The highest BCUT2D eigenvalue weighted by Gasteiger charge is 2.24. The molecule has 0 saturated heterocycles. The van der Waals surface area contributed by atoms with Crippen molar-refractivity contribution in [1.29, 1.82) is 0 Å². The highest BCUT2D eigenvalue weighted by Crippen LogP contribution is 2.03. The van der Waals surface area contributed by atoms with Crippen LogP contribution in [0.5, 0.6) is 0 Å². The van der Waals surface area contributed by atoms with Crippen LogP contribution < -0.4 is 0 Å². The number of methoxy groups -OCH3 is 1. The topological polar surface area (TPSA) is 55.7 Å². The van der Waals surface area contributed by atoms with E-state index in [4.69, 9.17) is 0 Å². The van der Waals surface area contributed by atoms with Crippen molar-refractivity contribution in [3.8, 4) is 0 Å². The van der Waals surface area contributed by atoms with Gasteiger partial charge in [0.15, 0.2) is 11.7 Å². The van der Waals surface area contributed by atoms with Crippen molar-refractivity contribution >= 4 is 18.0 Å². The van der Waals surface area contributed by atoms with E-state index in [-0.39, 0.29) is 5.78 Å². The lowest BCUT2D eigenvalue weighted by atomic mass is 10.0. The number of carbonyl (C=O) groups excluding carboxylic acids is 2. The summed E-state index contributed by atoms with van der Waals surface area (Å²) in [4.78, 5) is 25.4. The highest BCUT2D eigenvalue weighted by molar-refractivity contribution is 6.17. The predicted octanol–water partition coefficient (Wildman–Crippen LogP) is -0.0572. The first-order valence-electron chi connectivity index (χ1n) is 3.07. The van der Waals surface area contributed by atoms with Gasteiger partial charge < -0.3 is 4.74 Å². The molecule has 0 fully saturated rings. The fraction of sp³-hybridized carbons (Fsp3) is 0.286. The second-order valence-corrected chi connectivity index (χ2v) is 2.02. The molecule has 11 heavy (non-hydrogen) atoms. The van der Waals surface area contributed by atoms with Crippen LogP contribution in [0.25, 0.3) is 0 Å². The van der Waals surface area contributed by atoms with Gasteiger partial charge in [0.2, 0.25) is 0 Å². The van der Waals surface area contributed by atoms with E-state index >= 15 is 0 Å². The lowest BCUT2D eigenvalue weighted by molar-refractivity contribution is -0.145. The Kier molecular flexibility index (Phi) is 2.15. The molecule has 0 bridgehead atoms. The minimum atomic E-state index is -0.843. The van der Waals surface area contributed by atoms with E-state index in [9.17, 15) is 9.59 Å². The Morgan fingerprint density at radius 3 is 3.00 bits per heavy atom. The molecule has 1 aliphatic rings. The molecule has 0 aromatic heterocycles. The maximum absolute atomic E-state index is 10.9. The molecule has 0 aromatic rings. The monoisotopic (exact) mass is 153 g/mol. The van der Waals surface area contributed by atoms with Gasteiger partial charge in [-0.1, -0.05) is 0 Å². The largest absolute Gasteiger partial charge is 0.468 e. The third-order valence-corrected chi connectivity index (χ3v) is 1.32. The standard InChI is InChI=1S/C7H7NO3/c1-11-7(10)5-4-8-3-2-6(5)9/h2-5H,1H3. The average Bonchev–Trinajstić information content (AvgIpc) is 2.04. The van der Waals surface area contributed by atoms with Gasteiger partial charge in [-0.2, -0.15) is 0 Å². The molecule has 1 atom stereocenters. The van der Waals surface area contributed by atoms with Gasteiger partial charge in [-0.15, -0.1) is 0 Å². The smallest absolute Gasteiger partial charge is 0.322 e. The Hall–Kier alpha value is -1.45. The molecule has 0 aliphatic carbocycles. The fourth-order valence-electron chi connectivity index (χ4n) is 0.733. The molecule has 4 heteroatoms. The normalized spacial score (nSPS) is 21.9. The molecule has 58 valence electrons. The van der Waals surface area contributed by atoms with Crippen LogP contribution >= 0.6 is 0 Å². The number of allylic oxidation sites excluding steroid dienone is 1. The molecule has 0 N–H and O–H groups in total. The lowest BCUT2D eigenvalue weighted by Crippen LogP contribution is -2.26. The van der Waals surface area contributed by atoms with Crippen LogP contribution in [-0.2, 0) is 14.3 Å². The molecule has 0 amide bonds. The summed E-state index contributed by atoms with van der Waals surface area (Å²) in [6.45, 7) is 0. The number of hydrogen-bond donors (Lipinski definition) is 0. The van der Waals surface area contributed by atoms with Crippen molar-refractivity contribution < 1.29 is 14.3 Å². The van der Waals surface area contributed by atoms with Crippen LogP contribution in [0, 0.1) is 5.92 Å². The molecule has 1 aliphatic heterocycles. The summed E-state index contributed by atoms with van der Waals surface area (Å²) in [5, 5.41) is 0. The number of ketones is 1. The van der Waals surface area contributed by atoms with Crippen molar-refractivity contribution in [3.05, 3.63) is 12.3 Å². The molecular formula is C7H7NO3. The summed E-state index contributed by atoms with van der Waals surface area (Å²) in [6.07, 6.45) is 3.87. The fourth-order valence-corrected chi connectivity index (χ4v) is 0.733. The van der Waals surface area contributed by atoms with E-state index in [0.29, 0.717) is 0 Å². The second kappa shape index (κ2) is 3.09. The summed E-state index contributed by atoms with van der Waals surface area (Å²) >= 11 is 0. The number of esters is 1. The predicted molar refractivity (Wildman–Crippen MR) is 38.1 cm³/mol. The Labute approximate surface area is 63.6 Å². The van der Waals surface area contributed by atoms with Gasteiger partial charge in [0.25, 0.3) is 0 Å². The number of carbonyl (C=O) groups is 2. The van der Waals surface area contributed by atoms with Crippen LogP contribution in [0.3, 0.4) is 0 Å². The molecule has 0 saturated carbocycles.